The monoisotopic (exact) mass is 345 g/mol. The van der Waals surface area contributed by atoms with Crippen LogP contribution >= 0.6 is 23.4 Å². The van der Waals surface area contributed by atoms with Crippen LogP contribution in [0.25, 0.3) is 0 Å². The van der Waals surface area contributed by atoms with Crippen molar-refractivity contribution in [3.05, 3.63) is 34.6 Å². The van der Waals surface area contributed by atoms with Crippen LogP contribution in [0.4, 0.5) is 4.39 Å². The summed E-state index contributed by atoms with van der Waals surface area (Å²) in [5, 5.41) is 13.6. The second-order valence-electron chi connectivity index (χ2n) is 6.33. The molecule has 0 atom stereocenters. The Bertz CT molecular complexity index is 559. The minimum Gasteiger partial charge on any atom is -0.380 e. The van der Waals surface area contributed by atoms with Crippen LogP contribution in [0.5, 0.6) is 0 Å². The van der Waals surface area contributed by atoms with Crippen LogP contribution in [0.3, 0.4) is 0 Å². The molecular weight excluding hydrogens is 325 g/mol. The zero-order valence-corrected chi connectivity index (χ0v) is 14.4. The van der Waals surface area contributed by atoms with Crippen molar-refractivity contribution in [2.24, 2.45) is 0 Å². The Kier molecular flexibility index (Phi) is 5.41. The first-order valence-electron chi connectivity index (χ1n) is 7.29. The minimum absolute atomic E-state index is 0.326. The van der Waals surface area contributed by atoms with Gasteiger partial charge in [-0.2, -0.15) is 11.8 Å². The van der Waals surface area contributed by atoms with Gasteiger partial charge in [0.1, 0.15) is 11.4 Å². The summed E-state index contributed by atoms with van der Waals surface area (Å²) >= 11 is 7.85. The van der Waals surface area contributed by atoms with E-state index in [0.29, 0.717) is 24.4 Å². The maximum atomic E-state index is 13.2. The Balaban J connectivity index is 2.04. The number of rotatable bonds is 4. The van der Waals surface area contributed by atoms with Gasteiger partial charge in [-0.1, -0.05) is 31.5 Å². The van der Waals surface area contributed by atoms with Crippen molar-refractivity contribution >= 4 is 29.3 Å². The first kappa shape index (κ1) is 17.6. The van der Waals surface area contributed by atoms with E-state index in [4.69, 9.17) is 11.6 Å². The summed E-state index contributed by atoms with van der Waals surface area (Å²) in [6.45, 7) is 4.17. The average Bonchev–Trinajstić information content (AvgIpc) is 2.45. The smallest absolute Gasteiger partial charge is 0.252 e. The molecule has 3 nitrogen and oxygen atoms in total. The van der Waals surface area contributed by atoms with E-state index in [-0.39, 0.29) is 11.7 Å². The first-order valence-corrected chi connectivity index (χ1v) is 8.82. The summed E-state index contributed by atoms with van der Waals surface area (Å²) in [5.74, 6) is 0.857. The molecule has 1 aromatic rings. The number of halogens is 2. The topological polar surface area (TPSA) is 49.3 Å². The Morgan fingerprint density at radius 1 is 1.45 bits per heavy atom. The van der Waals surface area contributed by atoms with Gasteiger partial charge in [0.25, 0.3) is 5.91 Å². The van der Waals surface area contributed by atoms with Crippen molar-refractivity contribution in [2.45, 2.75) is 37.7 Å². The third-order valence-corrected chi connectivity index (χ3v) is 5.39. The molecule has 0 aliphatic carbocycles. The lowest BCUT2D eigenvalue weighted by Crippen LogP contribution is -2.51. The molecule has 1 aromatic carbocycles. The fourth-order valence-corrected chi connectivity index (χ4v) is 4.13. The number of hydrogen-bond acceptors (Lipinski definition) is 3. The standard InChI is InChI=1S/C16H21ClFNO2S/c1-15(2,12-4-3-11(18)9-13(12)17)10-19-14(20)16(21)5-7-22-8-6-16/h3-4,9,21H,5-8,10H2,1-2H3,(H,19,20). The highest BCUT2D eigenvalue weighted by Crippen LogP contribution is 2.31. The summed E-state index contributed by atoms with van der Waals surface area (Å²) in [6.07, 6.45) is 0.947. The summed E-state index contributed by atoms with van der Waals surface area (Å²) in [4.78, 5) is 12.3. The van der Waals surface area contributed by atoms with Crippen molar-refractivity contribution < 1.29 is 14.3 Å². The van der Waals surface area contributed by atoms with Crippen LogP contribution in [0.15, 0.2) is 18.2 Å². The molecule has 2 N–H and O–H groups in total. The lowest BCUT2D eigenvalue weighted by Gasteiger charge is -2.33. The minimum atomic E-state index is -1.27. The van der Waals surface area contributed by atoms with Crippen LogP contribution in [0, 0.1) is 5.82 Å². The predicted molar refractivity (Wildman–Crippen MR) is 89.0 cm³/mol. The van der Waals surface area contributed by atoms with Crippen LogP contribution in [0.1, 0.15) is 32.3 Å². The van der Waals surface area contributed by atoms with Gasteiger partial charge in [-0.15, -0.1) is 0 Å². The number of benzene rings is 1. The lowest BCUT2D eigenvalue weighted by atomic mass is 9.84. The average molecular weight is 346 g/mol. The highest BCUT2D eigenvalue weighted by Gasteiger charge is 2.38. The Morgan fingerprint density at radius 3 is 2.68 bits per heavy atom. The van der Waals surface area contributed by atoms with E-state index in [1.54, 1.807) is 17.8 Å². The number of carbonyl (C=O) groups excluding carboxylic acids is 1. The van der Waals surface area contributed by atoms with Gasteiger partial charge in [0.05, 0.1) is 0 Å². The zero-order chi connectivity index (χ0) is 16.4. The van der Waals surface area contributed by atoms with Gasteiger partial charge in [0, 0.05) is 17.0 Å². The Labute approximate surface area is 139 Å². The Morgan fingerprint density at radius 2 is 2.09 bits per heavy atom. The SMILES string of the molecule is CC(C)(CNC(=O)C1(O)CCSCC1)c1ccc(F)cc1Cl. The summed E-state index contributed by atoms with van der Waals surface area (Å²) in [6, 6.07) is 4.26. The molecule has 0 spiro atoms. The van der Waals surface area contributed by atoms with Crippen molar-refractivity contribution in [3.63, 3.8) is 0 Å². The fourth-order valence-electron chi connectivity index (χ4n) is 2.54. The van der Waals surface area contributed by atoms with Gasteiger partial charge >= 0.3 is 0 Å². The maximum Gasteiger partial charge on any atom is 0.252 e. The third-order valence-electron chi connectivity index (χ3n) is 4.09. The van der Waals surface area contributed by atoms with Gasteiger partial charge in [0.2, 0.25) is 0 Å². The van der Waals surface area contributed by atoms with Gasteiger partial charge in [-0.3, -0.25) is 4.79 Å². The molecule has 0 radical (unpaired) electrons. The molecule has 1 saturated heterocycles. The maximum absolute atomic E-state index is 13.2. The molecule has 1 heterocycles. The molecule has 0 aromatic heterocycles. The molecule has 1 fully saturated rings. The third kappa shape index (κ3) is 3.94. The van der Waals surface area contributed by atoms with Crippen LogP contribution in [0.2, 0.25) is 5.02 Å². The largest absolute Gasteiger partial charge is 0.380 e. The Hall–Kier alpha value is -0.780. The number of aliphatic hydroxyl groups is 1. The molecule has 1 aliphatic rings. The number of nitrogens with one attached hydrogen (secondary N) is 1. The van der Waals surface area contributed by atoms with E-state index in [1.807, 2.05) is 13.8 Å². The molecule has 1 aliphatic heterocycles. The van der Waals surface area contributed by atoms with Crippen molar-refractivity contribution in [1.29, 1.82) is 0 Å². The molecule has 0 unspecified atom stereocenters. The van der Waals surface area contributed by atoms with Gasteiger partial charge in [-0.05, 0) is 42.0 Å². The highest BCUT2D eigenvalue weighted by atomic mass is 35.5. The van der Waals surface area contributed by atoms with E-state index in [2.05, 4.69) is 5.32 Å². The number of amides is 1. The van der Waals surface area contributed by atoms with Crippen molar-refractivity contribution in [1.82, 2.24) is 5.32 Å². The molecule has 0 saturated carbocycles. The van der Waals surface area contributed by atoms with Crippen molar-refractivity contribution in [3.8, 4) is 0 Å². The lowest BCUT2D eigenvalue weighted by molar-refractivity contribution is -0.140. The molecule has 1 amide bonds. The number of hydrogen-bond donors (Lipinski definition) is 2. The van der Waals surface area contributed by atoms with E-state index < -0.39 is 11.0 Å². The molecule has 0 bridgehead atoms. The molecule has 2 rings (SSSR count). The number of carbonyl (C=O) groups is 1. The highest BCUT2D eigenvalue weighted by molar-refractivity contribution is 7.99. The zero-order valence-electron chi connectivity index (χ0n) is 12.8. The molecule has 22 heavy (non-hydrogen) atoms. The van der Waals surface area contributed by atoms with Gasteiger partial charge < -0.3 is 10.4 Å². The van der Waals surface area contributed by atoms with Crippen LogP contribution in [-0.2, 0) is 10.2 Å². The second-order valence-corrected chi connectivity index (χ2v) is 7.97. The quantitative estimate of drug-likeness (QED) is 0.881. The van der Waals surface area contributed by atoms with E-state index in [9.17, 15) is 14.3 Å². The molecule has 6 heteroatoms. The second kappa shape index (κ2) is 6.77. The van der Waals surface area contributed by atoms with Gasteiger partial charge in [0.15, 0.2) is 0 Å². The first-order chi connectivity index (χ1) is 10.2. The van der Waals surface area contributed by atoms with Crippen LogP contribution in [-0.4, -0.2) is 34.7 Å². The van der Waals surface area contributed by atoms with Gasteiger partial charge in [-0.25, -0.2) is 4.39 Å². The summed E-state index contributed by atoms with van der Waals surface area (Å²) in [5.41, 5.74) is -0.962. The predicted octanol–water partition coefficient (Wildman–Crippen LogP) is 3.13. The van der Waals surface area contributed by atoms with E-state index >= 15 is 0 Å². The van der Waals surface area contributed by atoms with E-state index in [0.717, 1.165) is 17.1 Å². The van der Waals surface area contributed by atoms with Crippen LogP contribution < -0.4 is 5.32 Å². The van der Waals surface area contributed by atoms with E-state index in [1.165, 1.54) is 12.1 Å². The van der Waals surface area contributed by atoms with Crippen molar-refractivity contribution in [2.75, 3.05) is 18.1 Å². The normalized spacial score (nSPS) is 18.0. The fraction of sp³-hybridized carbons (Fsp3) is 0.562. The molecular formula is C16H21ClFNO2S. The number of thioether (sulfide) groups is 1. The summed E-state index contributed by atoms with van der Waals surface area (Å²) < 4.78 is 13.2. The molecule has 122 valence electrons. The summed E-state index contributed by atoms with van der Waals surface area (Å²) in [7, 11) is 0.